The molecule has 0 saturated carbocycles. The molecule has 0 aromatic heterocycles. The van der Waals surface area contributed by atoms with E-state index in [1.165, 1.54) is 0 Å². The molecule has 3 nitrogen and oxygen atoms in total. The maximum absolute atomic E-state index is 11.8. The van der Waals surface area contributed by atoms with Crippen molar-refractivity contribution in [2.75, 3.05) is 6.54 Å². The lowest BCUT2D eigenvalue weighted by Gasteiger charge is -2.18. The topological polar surface area (TPSA) is 56.0 Å². The molecule has 0 aliphatic carbocycles. The minimum Gasteiger partial charge on any atom is -0.382 e. The third kappa shape index (κ3) is 5.04. The Balaban J connectivity index is 3.86. The fourth-order valence-electron chi connectivity index (χ4n) is 0.865. The predicted octanol–water partition coefficient (Wildman–Crippen LogP) is 1.19. The van der Waals surface area contributed by atoms with Crippen molar-refractivity contribution in [1.29, 1.82) is 5.26 Å². The number of nitriles is 1. The summed E-state index contributed by atoms with van der Waals surface area (Å²) < 4.78 is 35.5. The van der Waals surface area contributed by atoms with Crippen molar-refractivity contribution in [2.45, 2.75) is 38.1 Å². The summed E-state index contributed by atoms with van der Waals surface area (Å²) in [6.45, 7) is 1.19. The third-order valence-electron chi connectivity index (χ3n) is 1.81. The summed E-state index contributed by atoms with van der Waals surface area (Å²) in [7, 11) is 0. The average Bonchev–Trinajstić information content (AvgIpc) is 2.10. The Morgan fingerprint density at radius 2 is 2.07 bits per heavy atom. The van der Waals surface area contributed by atoms with E-state index < -0.39 is 18.8 Å². The van der Waals surface area contributed by atoms with Crippen LogP contribution in [-0.4, -0.2) is 30.0 Å². The molecule has 0 radical (unpaired) electrons. The van der Waals surface area contributed by atoms with Crippen molar-refractivity contribution >= 4 is 0 Å². The number of nitrogens with zero attached hydrogens (tertiary/aromatic N) is 1. The first-order valence-corrected chi connectivity index (χ1v) is 4.27. The molecule has 0 rings (SSSR count). The lowest BCUT2D eigenvalue weighted by molar-refractivity contribution is -0.202. The molecule has 0 fully saturated rings. The molecule has 0 saturated heterocycles. The molecular weight excluding hydrogens is 197 g/mol. The van der Waals surface area contributed by atoms with Gasteiger partial charge in [-0.2, -0.15) is 18.4 Å². The lowest BCUT2D eigenvalue weighted by Crippen LogP contribution is -2.42. The molecule has 0 aromatic carbocycles. The van der Waals surface area contributed by atoms with Crippen LogP contribution in [0.25, 0.3) is 0 Å². The van der Waals surface area contributed by atoms with E-state index in [2.05, 4.69) is 5.32 Å². The SMILES string of the molecule is CCC(CC#N)NCC(O)C(F)(F)F. The summed E-state index contributed by atoms with van der Waals surface area (Å²) >= 11 is 0. The molecule has 0 bridgehead atoms. The van der Waals surface area contributed by atoms with E-state index in [9.17, 15) is 13.2 Å². The molecule has 2 unspecified atom stereocenters. The first kappa shape index (κ1) is 13.2. The van der Waals surface area contributed by atoms with Gasteiger partial charge in [0.1, 0.15) is 0 Å². The van der Waals surface area contributed by atoms with Crippen LogP contribution in [0.1, 0.15) is 19.8 Å². The number of nitrogens with one attached hydrogen (secondary N) is 1. The number of aliphatic hydroxyl groups is 1. The van der Waals surface area contributed by atoms with E-state index in [0.29, 0.717) is 6.42 Å². The Kier molecular flexibility index (Phi) is 5.50. The quantitative estimate of drug-likeness (QED) is 0.716. The molecule has 0 aliphatic heterocycles. The minimum absolute atomic E-state index is 0.140. The van der Waals surface area contributed by atoms with E-state index in [1.54, 1.807) is 6.92 Å². The van der Waals surface area contributed by atoms with Crippen molar-refractivity contribution in [3.63, 3.8) is 0 Å². The lowest BCUT2D eigenvalue weighted by atomic mass is 10.1. The number of rotatable bonds is 5. The van der Waals surface area contributed by atoms with Gasteiger partial charge >= 0.3 is 6.18 Å². The molecule has 82 valence electrons. The minimum atomic E-state index is -4.60. The molecule has 2 N–H and O–H groups in total. The zero-order valence-corrected chi connectivity index (χ0v) is 7.80. The van der Waals surface area contributed by atoms with Crippen molar-refractivity contribution < 1.29 is 18.3 Å². The standard InChI is InChI=1S/C8H13F3N2O/c1-2-6(3-4-12)13-5-7(14)8(9,10)11/h6-7,13-14H,2-3,5H2,1H3. The number of halogens is 3. The fourth-order valence-corrected chi connectivity index (χ4v) is 0.865. The predicted molar refractivity (Wildman–Crippen MR) is 44.4 cm³/mol. The van der Waals surface area contributed by atoms with Gasteiger partial charge in [-0.1, -0.05) is 6.92 Å². The maximum atomic E-state index is 11.8. The van der Waals surface area contributed by atoms with Crippen LogP contribution in [-0.2, 0) is 0 Å². The number of hydrogen-bond donors (Lipinski definition) is 2. The highest BCUT2D eigenvalue weighted by molar-refractivity contribution is 4.81. The monoisotopic (exact) mass is 210 g/mol. The van der Waals surface area contributed by atoms with Crippen molar-refractivity contribution in [1.82, 2.24) is 5.32 Å². The Morgan fingerprint density at radius 1 is 1.50 bits per heavy atom. The summed E-state index contributed by atoms with van der Waals surface area (Å²) in [4.78, 5) is 0. The van der Waals surface area contributed by atoms with Gasteiger partial charge in [-0.05, 0) is 6.42 Å². The Morgan fingerprint density at radius 3 is 2.43 bits per heavy atom. The third-order valence-corrected chi connectivity index (χ3v) is 1.81. The number of aliphatic hydroxyl groups excluding tert-OH is 1. The first-order chi connectivity index (χ1) is 6.41. The Labute approximate surface area is 80.5 Å². The molecule has 0 aliphatic rings. The Bertz CT molecular complexity index is 200. The number of hydrogen-bond acceptors (Lipinski definition) is 3. The highest BCUT2D eigenvalue weighted by Gasteiger charge is 2.37. The zero-order chi connectivity index (χ0) is 11.2. The van der Waals surface area contributed by atoms with Gasteiger partial charge in [-0.25, -0.2) is 0 Å². The van der Waals surface area contributed by atoms with Crippen LogP contribution in [0.4, 0.5) is 13.2 Å². The van der Waals surface area contributed by atoms with E-state index in [0.717, 1.165) is 0 Å². The second-order valence-electron chi connectivity index (χ2n) is 2.93. The van der Waals surface area contributed by atoms with E-state index >= 15 is 0 Å². The second-order valence-corrected chi connectivity index (χ2v) is 2.93. The van der Waals surface area contributed by atoms with Gasteiger partial charge in [0, 0.05) is 12.6 Å². The van der Waals surface area contributed by atoms with Crippen LogP contribution in [0, 0.1) is 11.3 Å². The van der Waals surface area contributed by atoms with Gasteiger partial charge in [-0.15, -0.1) is 0 Å². The van der Waals surface area contributed by atoms with Crippen molar-refractivity contribution in [3.8, 4) is 6.07 Å². The maximum Gasteiger partial charge on any atom is 0.415 e. The van der Waals surface area contributed by atoms with Crippen LogP contribution in [0.15, 0.2) is 0 Å². The summed E-state index contributed by atoms with van der Waals surface area (Å²) in [5.74, 6) is 0. The molecule has 0 heterocycles. The van der Waals surface area contributed by atoms with Crippen molar-refractivity contribution in [2.24, 2.45) is 0 Å². The van der Waals surface area contributed by atoms with Crippen LogP contribution < -0.4 is 5.32 Å². The van der Waals surface area contributed by atoms with Gasteiger partial charge < -0.3 is 10.4 Å². The first-order valence-electron chi connectivity index (χ1n) is 4.27. The van der Waals surface area contributed by atoms with Crippen LogP contribution in [0.5, 0.6) is 0 Å². The molecule has 0 spiro atoms. The Hall–Kier alpha value is -0.800. The van der Waals surface area contributed by atoms with Crippen LogP contribution >= 0.6 is 0 Å². The van der Waals surface area contributed by atoms with Gasteiger partial charge in [-0.3, -0.25) is 0 Å². The van der Waals surface area contributed by atoms with Crippen LogP contribution in [0.2, 0.25) is 0 Å². The highest BCUT2D eigenvalue weighted by Crippen LogP contribution is 2.19. The van der Waals surface area contributed by atoms with E-state index in [-0.39, 0.29) is 12.5 Å². The molecular formula is C8H13F3N2O. The van der Waals surface area contributed by atoms with E-state index in [4.69, 9.17) is 10.4 Å². The smallest absolute Gasteiger partial charge is 0.382 e. The number of alkyl halides is 3. The fraction of sp³-hybridized carbons (Fsp3) is 0.875. The van der Waals surface area contributed by atoms with Gasteiger partial charge in [0.05, 0.1) is 12.5 Å². The zero-order valence-electron chi connectivity index (χ0n) is 7.80. The molecule has 2 atom stereocenters. The second kappa shape index (κ2) is 5.83. The normalized spacial score (nSPS) is 16.0. The molecule has 14 heavy (non-hydrogen) atoms. The van der Waals surface area contributed by atoms with Crippen LogP contribution in [0.3, 0.4) is 0 Å². The largest absolute Gasteiger partial charge is 0.415 e. The molecule has 0 aromatic rings. The van der Waals surface area contributed by atoms with E-state index in [1.807, 2.05) is 6.07 Å². The van der Waals surface area contributed by atoms with Gasteiger partial charge in [0.15, 0.2) is 6.10 Å². The summed E-state index contributed by atoms with van der Waals surface area (Å²) in [6, 6.07) is 1.56. The summed E-state index contributed by atoms with van der Waals surface area (Å²) in [6.07, 6.45) is -6.27. The van der Waals surface area contributed by atoms with Crippen molar-refractivity contribution in [3.05, 3.63) is 0 Å². The highest BCUT2D eigenvalue weighted by atomic mass is 19.4. The summed E-state index contributed by atoms with van der Waals surface area (Å²) in [5.41, 5.74) is 0. The molecule has 6 heteroatoms. The van der Waals surface area contributed by atoms with Gasteiger partial charge in [0.25, 0.3) is 0 Å². The summed E-state index contributed by atoms with van der Waals surface area (Å²) in [5, 5.41) is 19.4. The average molecular weight is 210 g/mol. The molecule has 0 amide bonds. The van der Waals surface area contributed by atoms with Gasteiger partial charge in [0.2, 0.25) is 0 Å².